The van der Waals surface area contributed by atoms with Crippen molar-refractivity contribution >= 4 is 32.8 Å². The number of hydrogen-bond acceptors (Lipinski definition) is 3. The SMILES string of the molecule is Cn1nccc1-c1cc(C(=O)O)c2ccc(Br)cc2n1. The molecule has 0 atom stereocenters. The van der Waals surface area contributed by atoms with E-state index < -0.39 is 5.97 Å². The fourth-order valence-corrected chi connectivity index (χ4v) is 2.48. The quantitative estimate of drug-likeness (QED) is 0.783. The number of carboxylic acids is 1. The Kier molecular flexibility index (Phi) is 3.02. The summed E-state index contributed by atoms with van der Waals surface area (Å²) in [4.78, 5) is 16.0. The van der Waals surface area contributed by atoms with Crippen molar-refractivity contribution in [1.29, 1.82) is 0 Å². The molecule has 0 saturated carbocycles. The van der Waals surface area contributed by atoms with Gasteiger partial charge in [0.2, 0.25) is 0 Å². The molecule has 3 aromatic rings. The van der Waals surface area contributed by atoms with Crippen LogP contribution in [-0.2, 0) is 7.05 Å². The molecule has 0 bridgehead atoms. The molecule has 2 aromatic heterocycles. The van der Waals surface area contributed by atoms with E-state index in [9.17, 15) is 9.90 Å². The average Bonchev–Trinajstić information content (AvgIpc) is 2.83. The van der Waals surface area contributed by atoms with E-state index in [1.165, 1.54) is 0 Å². The number of aromatic carboxylic acids is 1. The zero-order valence-corrected chi connectivity index (χ0v) is 12.1. The molecule has 0 spiro atoms. The van der Waals surface area contributed by atoms with Crippen LogP contribution in [0.25, 0.3) is 22.3 Å². The van der Waals surface area contributed by atoms with E-state index in [4.69, 9.17) is 0 Å². The summed E-state index contributed by atoms with van der Waals surface area (Å²) in [6.07, 6.45) is 1.66. The van der Waals surface area contributed by atoms with Crippen molar-refractivity contribution in [2.75, 3.05) is 0 Å². The van der Waals surface area contributed by atoms with Crippen LogP contribution in [0.3, 0.4) is 0 Å². The molecule has 100 valence electrons. The molecule has 5 nitrogen and oxygen atoms in total. The van der Waals surface area contributed by atoms with Crippen LogP contribution in [0.2, 0.25) is 0 Å². The number of carboxylic acid groups (broad SMARTS) is 1. The van der Waals surface area contributed by atoms with Gasteiger partial charge in [0.15, 0.2) is 0 Å². The molecule has 20 heavy (non-hydrogen) atoms. The predicted octanol–water partition coefficient (Wildman–Crippen LogP) is 3.10. The van der Waals surface area contributed by atoms with Crippen LogP contribution in [-0.4, -0.2) is 25.8 Å². The number of fused-ring (bicyclic) bond motifs is 1. The number of nitrogens with zero attached hydrogens (tertiary/aromatic N) is 3. The number of halogens is 1. The number of aryl methyl sites for hydroxylation is 1. The highest BCUT2D eigenvalue weighted by Crippen LogP contribution is 2.26. The largest absolute Gasteiger partial charge is 0.478 e. The summed E-state index contributed by atoms with van der Waals surface area (Å²) < 4.78 is 2.52. The van der Waals surface area contributed by atoms with Crippen molar-refractivity contribution in [3.63, 3.8) is 0 Å². The number of carbonyl (C=O) groups is 1. The number of hydrogen-bond donors (Lipinski definition) is 1. The molecule has 2 heterocycles. The molecule has 0 aliphatic carbocycles. The summed E-state index contributed by atoms with van der Waals surface area (Å²) in [5.41, 5.74) is 2.23. The monoisotopic (exact) mass is 331 g/mol. The normalized spacial score (nSPS) is 10.9. The van der Waals surface area contributed by atoms with Crippen molar-refractivity contribution in [1.82, 2.24) is 14.8 Å². The smallest absolute Gasteiger partial charge is 0.336 e. The topological polar surface area (TPSA) is 68.0 Å². The first-order valence-corrected chi connectivity index (χ1v) is 6.67. The number of pyridine rings is 1. The van der Waals surface area contributed by atoms with Gasteiger partial charge in [-0.1, -0.05) is 22.0 Å². The second-order valence-corrected chi connectivity index (χ2v) is 5.28. The summed E-state index contributed by atoms with van der Waals surface area (Å²) in [6.45, 7) is 0. The predicted molar refractivity (Wildman–Crippen MR) is 78.6 cm³/mol. The van der Waals surface area contributed by atoms with E-state index in [1.54, 1.807) is 42.2 Å². The Hall–Kier alpha value is -2.21. The second kappa shape index (κ2) is 4.72. The molecule has 0 saturated heterocycles. The van der Waals surface area contributed by atoms with E-state index in [0.29, 0.717) is 16.6 Å². The summed E-state index contributed by atoms with van der Waals surface area (Å²) in [7, 11) is 1.79. The Bertz CT molecular complexity index is 826. The molecule has 0 aliphatic heterocycles. The Labute approximate surface area is 123 Å². The third-order valence-corrected chi connectivity index (χ3v) is 3.58. The maximum atomic E-state index is 11.4. The molecule has 0 radical (unpaired) electrons. The van der Waals surface area contributed by atoms with Gasteiger partial charge in [0.25, 0.3) is 0 Å². The number of aromatic nitrogens is 3. The lowest BCUT2D eigenvalue weighted by Gasteiger charge is -2.07. The molecule has 1 N–H and O–H groups in total. The van der Waals surface area contributed by atoms with Gasteiger partial charge in [-0.3, -0.25) is 4.68 Å². The first kappa shape index (κ1) is 12.8. The standard InChI is InChI=1S/C14H10BrN3O2/c1-18-13(4-5-16-18)12-7-10(14(19)20)9-3-2-8(15)6-11(9)17-12/h2-7H,1H3,(H,19,20). The lowest BCUT2D eigenvalue weighted by molar-refractivity contribution is 0.0699. The van der Waals surface area contributed by atoms with Gasteiger partial charge < -0.3 is 5.11 Å². The maximum absolute atomic E-state index is 11.4. The Morgan fingerprint density at radius 1 is 1.30 bits per heavy atom. The first-order valence-electron chi connectivity index (χ1n) is 5.88. The molecule has 6 heteroatoms. The van der Waals surface area contributed by atoms with E-state index in [1.807, 2.05) is 6.07 Å². The zero-order valence-electron chi connectivity index (χ0n) is 10.5. The van der Waals surface area contributed by atoms with Crippen molar-refractivity contribution < 1.29 is 9.90 Å². The number of rotatable bonds is 2. The molecule has 0 aliphatic rings. The Balaban J connectivity index is 2.35. The molecule has 1 aromatic carbocycles. The minimum Gasteiger partial charge on any atom is -0.478 e. The van der Waals surface area contributed by atoms with Crippen LogP contribution in [0.1, 0.15) is 10.4 Å². The van der Waals surface area contributed by atoms with Gasteiger partial charge in [-0.25, -0.2) is 9.78 Å². The fraction of sp³-hybridized carbons (Fsp3) is 0.0714. The third-order valence-electron chi connectivity index (χ3n) is 3.09. The maximum Gasteiger partial charge on any atom is 0.336 e. The lowest BCUT2D eigenvalue weighted by atomic mass is 10.1. The molecule has 0 unspecified atom stereocenters. The summed E-state index contributed by atoms with van der Waals surface area (Å²) >= 11 is 3.38. The van der Waals surface area contributed by atoms with E-state index in [0.717, 1.165) is 10.2 Å². The van der Waals surface area contributed by atoms with Gasteiger partial charge >= 0.3 is 5.97 Å². The molecular formula is C14H10BrN3O2. The zero-order chi connectivity index (χ0) is 14.3. The third kappa shape index (κ3) is 2.08. The summed E-state index contributed by atoms with van der Waals surface area (Å²) in [5.74, 6) is -0.969. The fourth-order valence-electron chi connectivity index (χ4n) is 2.13. The summed E-state index contributed by atoms with van der Waals surface area (Å²) in [5, 5.41) is 14.1. The van der Waals surface area contributed by atoms with E-state index in [-0.39, 0.29) is 5.56 Å². The van der Waals surface area contributed by atoms with E-state index >= 15 is 0 Å². The van der Waals surface area contributed by atoms with Gasteiger partial charge in [-0.2, -0.15) is 5.10 Å². The van der Waals surface area contributed by atoms with Crippen molar-refractivity contribution in [3.05, 3.63) is 46.6 Å². The minimum absolute atomic E-state index is 0.235. The van der Waals surface area contributed by atoms with E-state index in [2.05, 4.69) is 26.0 Å². The summed E-state index contributed by atoms with van der Waals surface area (Å²) in [6, 6.07) is 8.75. The minimum atomic E-state index is -0.969. The van der Waals surface area contributed by atoms with Crippen LogP contribution < -0.4 is 0 Å². The molecule has 0 amide bonds. The highest BCUT2D eigenvalue weighted by atomic mass is 79.9. The first-order chi connectivity index (χ1) is 9.56. The average molecular weight is 332 g/mol. The van der Waals surface area contributed by atoms with Gasteiger partial charge in [-0.15, -0.1) is 0 Å². The van der Waals surface area contributed by atoms with Crippen molar-refractivity contribution in [2.45, 2.75) is 0 Å². The van der Waals surface area contributed by atoms with Crippen molar-refractivity contribution in [3.8, 4) is 11.4 Å². The van der Waals surface area contributed by atoms with Crippen LogP contribution in [0, 0.1) is 0 Å². The van der Waals surface area contributed by atoms with Crippen LogP contribution in [0.15, 0.2) is 41.0 Å². The van der Waals surface area contributed by atoms with Gasteiger partial charge in [0.05, 0.1) is 22.5 Å². The van der Waals surface area contributed by atoms with Crippen LogP contribution in [0.5, 0.6) is 0 Å². The van der Waals surface area contributed by atoms with Gasteiger partial charge in [-0.05, 0) is 24.3 Å². The highest BCUT2D eigenvalue weighted by molar-refractivity contribution is 9.10. The molecular weight excluding hydrogens is 322 g/mol. The van der Waals surface area contributed by atoms with Gasteiger partial charge in [0, 0.05) is 23.1 Å². The molecule has 0 fully saturated rings. The van der Waals surface area contributed by atoms with Crippen molar-refractivity contribution in [2.24, 2.45) is 7.05 Å². The Morgan fingerprint density at radius 2 is 2.10 bits per heavy atom. The lowest BCUT2D eigenvalue weighted by Crippen LogP contribution is -2.02. The van der Waals surface area contributed by atoms with Crippen LogP contribution >= 0.6 is 15.9 Å². The second-order valence-electron chi connectivity index (χ2n) is 4.36. The highest BCUT2D eigenvalue weighted by Gasteiger charge is 2.14. The number of benzene rings is 1. The molecule has 3 rings (SSSR count). The Morgan fingerprint density at radius 3 is 2.75 bits per heavy atom. The van der Waals surface area contributed by atoms with Gasteiger partial charge in [0.1, 0.15) is 0 Å². The van der Waals surface area contributed by atoms with Crippen LogP contribution in [0.4, 0.5) is 0 Å².